The number of rotatable bonds is 13. The highest BCUT2D eigenvalue weighted by atomic mass is 16.7. The lowest BCUT2D eigenvalue weighted by Crippen LogP contribution is -2.65. The van der Waals surface area contributed by atoms with Gasteiger partial charge in [0.1, 0.15) is 79.0 Å². The summed E-state index contributed by atoms with van der Waals surface area (Å²) in [6, 6.07) is 0. The number of hydrogen-bond donors (Lipinski definition) is 13. The maximum absolute atomic E-state index is 14.7. The van der Waals surface area contributed by atoms with Crippen LogP contribution >= 0.6 is 0 Å². The highest BCUT2D eigenvalue weighted by Gasteiger charge is 2.71. The largest absolute Gasteiger partial charge is 0.394 e. The Kier molecular flexibility index (Phi) is 15.1. The van der Waals surface area contributed by atoms with Crippen LogP contribution in [0.15, 0.2) is 0 Å². The molecule has 21 nitrogen and oxygen atoms in total. The second-order valence-corrected chi connectivity index (χ2v) is 21.5. The number of aliphatic hydroxyl groups is 13. The number of Topliss-reactive ketones (excluding diaryl/α,β-unsaturated/α-hetero) is 1. The number of ketones is 1. The minimum Gasteiger partial charge on any atom is -0.394 e. The molecule has 8 rings (SSSR count). The Balaban J connectivity index is 0.869. The van der Waals surface area contributed by atoms with Crippen LogP contribution in [0.2, 0.25) is 0 Å². The van der Waals surface area contributed by atoms with E-state index in [-0.39, 0.29) is 66.3 Å². The first-order valence-corrected chi connectivity index (χ1v) is 23.9. The number of aliphatic hydroxyl groups excluding tert-OH is 12. The second-order valence-electron chi connectivity index (χ2n) is 21.5. The van der Waals surface area contributed by atoms with E-state index < -0.39 is 141 Å². The van der Waals surface area contributed by atoms with Crippen molar-refractivity contribution < 1.29 is 104 Å². The molecule has 0 aromatic carbocycles. The fourth-order valence-corrected chi connectivity index (χ4v) is 13.9. The SMILES string of the molecule is C[C@H](CC[C@@]1(O)O[C@H]2C[C@H]3[C@@H]4CC[C@H]5C[C@@H](O[C@@H]6O[C@H](CO)[C@H](O[C@@H]7O[C@H](CO)[C@@H](O)[C@H](O)[C@H]7O)[C@H](O)[C@H]6O)[C@H](O)C[C@]5(C)[C@H]4CC(=O)[C@]3(C)[C@H]2[C@@H]1C)CO[C@@H]1O[C@H](CO)[C@@H](O)[C@H](O)[C@H]1O. The molecule has 21 heteroatoms. The van der Waals surface area contributed by atoms with Gasteiger partial charge in [0.2, 0.25) is 0 Å². The van der Waals surface area contributed by atoms with Crippen molar-refractivity contribution in [2.45, 2.75) is 195 Å². The molecule has 4 saturated heterocycles. The summed E-state index contributed by atoms with van der Waals surface area (Å²) in [5.74, 6) is -1.94. The van der Waals surface area contributed by atoms with E-state index in [0.29, 0.717) is 32.1 Å². The Morgan fingerprint density at radius 2 is 1.29 bits per heavy atom. The van der Waals surface area contributed by atoms with Crippen molar-refractivity contribution in [3.8, 4) is 0 Å². The van der Waals surface area contributed by atoms with Gasteiger partial charge < -0.3 is 99.5 Å². The number of carbonyl (C=O) groups is 1. The molecular formula is C45H74O21. The summed E-state index contributed by atoms with van der Waals surface area (Å²) in [7, 11) is 0. The summed E-state index contributed by atoms with van der Waals surface area (Å²) < 4.78 is 40.9. The van der Waals surface area contributed by atoms with E-state index in [1.807, 2.05) is 20.8 Å². The average Bonchev–Trinajstić information content (AvgIpc) is 3.73. The zero-order valence-corrected chi connectivity index (χ0v) is 38.0. The Labute approximate surface area is 383 Å². The van der Waals surface area contributed by atoms with Crippen LogP contribution in [0.5, 0.6) is 0 Å². The Morgan fingerprint density at radius 3 is 1.92 bits per heavy atom. The summed E-state index contributed by atoms with van der Waals surface area (Å²) >= 11 is 0. The van der Waals surface area contributed by atoms with E-state index in [9.17, 15) is 71.2 Å². The minimum absolute atomic E-state index is 0.00123. The maximum atomic E-state index is 14.7. The van der Waals surface area contributed by atoms with Gasteiger partial charge >= 0.3 is 0 Å². The van der Waals surface area contributed by atoms with Gasteiger partial charge in [-0.3, -0.25) is 4.79 Å². The summed E-state index contributed by atoms with van der Waals surface area (Å²) in [4.78, 5) is 14.7. The number of fused-ring (bicyclic) bond motifs is 7. The molecule has 4 saturated carbocycles. The fourth-order valence-electron chi connectivity index (χ4n) is 13.9. The van der Waals surface area contributed by atoms with E-state index >= 15 is 0 Å². The standard InChI is InChI=1S/C45H74O21/c1-17(16-60-40-36(56)33(53)31(51)26(13-46)62-40)7-8-45(59)18(2)30-25(66-45)10-22-20-6-5-19-9-24(23(49)12-43(19,3)21(20)11-29(50)44(22,30)4)61-41-38(58)35(55)39(28(15-48)64-41)65-42-37(57)34(54)32(52)27(14-47)63-42/h17-28,30-42,46-49,51-59H,5-16H2,1-4H3/t17-,18+,19+,20-,21+,22+,23-,24-,25+,26-,27-,28-,30+,31-,32-,33+,34+,35-,36-,37-,38-,39+,40-,41-,42+,43+,44-,45-/m1/s1. The number of hydrogen-bond acceptors (Lipinski definition) is 21. The Morgan fingerprint density at radius 1 is 0.712 bits per heavy atom. The molecule has 0 spiro atoms. The van der Waals surface area contributed by atoms with Crippen molar-refractivity contribution in [2.24, 2.45) is 52.3 Å². The molecule has 66 heavy (non-hydrogen) atoms. The first-order valence-electron chi connectivity index (χ1n) is 23.9. The Bertz CT molecular complexity index is 1670. The smallest absolute Gasteiger partial charge is 0.187 e. The molecule has 13 N–H and O–H groups in total. The van der Waals surface area contributed by atoms with Gasteiger partial charge in [0, 0.05) is 30.1 Å². The zero-order chi connectivity index (χ0) is 47.9. The average molecular weight is 951 g/mol. The van der Waals surface area contributed by atoms with E-state index in [4.69, 9.17) is 33.2 Å². The van der Waals surface area contributed by atoms with Gasteiger partial charge in [0.15, 0.2) is 24.7 Å². The van der Waals surface area contributed by atoms with Gasteiger partial charge in [-0.2, -0.15) is 0 Å². The van der Waals surface area contributed by atoms with Crippen molar-refractivity contribution in [3.05, 3.63) is 0 Å². The molecule has 380 valence electrons. The van der Waals surface area contributed by atoms with Gasteiger partial charge in [-0.15, -0.1) is 0 Å². The van der Waals surface area contributed by atoms with Crippen molar-refractivity contribution in [1.29, 1.82) is 0 Å². The Hall–Kier alpha value is -1.13. The van der Waals surface area contributed by atoms with Crippen molar-refractivity contribution in [3.63, 3.8) is 0 Å². The highest BCUT2D eigenvalue weighted by molar-refractivity contribution is 5.87. The molecule has 4 heterocycles. The van der Waals surface area contributed by atoms with Crippen LogP contribution in [-0.4, -0.2) is 215 Å². The molecule has 0 aromatic rings. The topological polar surface area (TPSA) is 345 Å². The monoisotopic (exact) mass is 950 g/mol. The molecule has 4 aliphatic heterocycles. The molecule has 0 aromatic heterocycles. The predicted molar refractivity (Wildman–Crippen MR) is 221 cm³/mol. The quantitative estimate of drug-likeness (QED) is 0.0793. The van der Waals surface area contributed by atoms with Gasteiger partial charge in [0.05, 0.1) is 44.7 Å². The molecule has 0 radical (unpaired) electrons. The molecule has 4 aliphatic carbocycles. The normalized spacial score (nSPS) is 55.4. The first-order chi connectivity index (χ1) is 31.1. The maximum Gasteiger partial charge on any atom is 0.187 e. The third-order valence-corrected chi connectivity index (χ3v) is 17.9. The van der Waals surface area contributed by atoms with Crippen LogP contribution < -0.4 is 0 Å². The van der Waals surface area contributed by atoms with Crippen LogP contribution in [0.25, 0.3) is 0 Å². The molecule has 0 amide bonds. The third-order valence-electron chi connectivity index (χ3n) is 17.9. The van der Waals surface area contributed by atoms with Gasteiger partial charge in [-0.05, 0) is 73.5 Å². The van der Waals surface area contributed by atoms with Crippen LogP contribution in [-0.2, 0) is 38.0 Å². The summed E-state index contributed by atoms with van der Waals surface area (Å²) in [5, 5.41) is 137. The predicted octanol–water partition coefficient (Wildman–Crippen LogP) is -3.63. The molecular weight excluding hydrogens is 876 g/mol. The van der Waals surface area contributed by atoms with Gasteiger partial charge in [0.25, 0.3) is 0 Å². The minimum atomic E-state index is -1.81. The lowest BCUT2D eigenvalue weighted by atomic mass is 9.43. The number of ether oxygens (including phenoxy) is 7. The van der Waals surface area contributed by atoms with E-state index in [2.05, 4.69) is 6.92 Å². The summed E-state index contributed by atoms with van der Waals surface area (Å²) in [6.45, 7) is 6.11. The van der Waals surface area contributed by atoms with Crippen LogP contribution in [0.4, 0.5) is 0 Å². The molecule has 28 atom stereocenters. The summed E-state index contributed by atoms with van der Waals surface area (Å²) in [6.07, 6.45) is -21.2. The van der Waals surface area contributed by atoms with Gasteiger partial charge in [-0.1, -0.05) is 27.7 Å². The molecule has 8 fully saturated rings. The highest BCUT2D eigenvalue weighted by Crippen LogP contribution is 2.70. The number of carbonyl (C=O) groups excluding carboxylic acids is 1. The second kappa shape index (κ2) is 19.5. The molecule has 0 unspecified atom stereocenters. The third kappa shape index (κ3) is 8.64. The van der Waals surface area contributed by atoms with Crippen molar-refractivity contribution >= 4 is 5.78 Å². The first kappa shape index (κ1) is 51.2. The van der Waals surface area contributed by atoms with Crippen LogP contribution in [0.1, 0.15) is 79.1 Å². The van der Waals surface area contributed by atoms with Crippen LogP contribution in [0.3, 0.4) is 0 Å². The van der Waals surface area contributed by atoms with Crippen molar-refractivity contribution in [2.75, 3.05) is 26.4 Å². The lowest BCUT2D eigenvalue weighted by Gasteiger charge is -2.61. The summed E-state index contributed by atoms with van der Waals surface area (Å²) in [5.41, 5.74) is -1.18. The lowest BCUT2D eigenvalue weighted by molar-refractivity contribution is -0.366. The molecule has 8 aliphatic rings. The van der Waals surface area contributed by atoms with E-state index in [1.165, 1.54) is 0 Å². The fraction of sp³-hybridized carbons (Fsp3) is 0.978. The zero-order valence-electron chi connectivity index (χ0n) is 38.0. The van der Waals surface area contributed by atoms with E-state index in [0.717, 1.165) is 12.8 Å². The van der Waals surface area contributed by atoms with Crippen molar-refractivity contribution in [1.82, 2.24) is 0 Å². The molecule has 0 bridgehead atoms. The van der Waals surface area contributed by atoms with Gasteiger partial charge in [-0.25, -0.2) is 0 Å². The van der Waals surface area contributed by atoms with Crippen LogP contribution in [0, 0.1) is 52.3 Å². The van der Waals surface area contributed by atoms with E-state index in [1.54, 1.807) is 0 Å².